The summed E-state index contributed by atoms with van der Waals surface area (Å²) in [5.74, 6) is 1.86. The van der Waals surface area contributed by atoms with E-state index in [1.54, 1.807) is 7.11 Å². The molecule has 0 radical (unpaired) electrons. The number of ether oxygens (including phenoxy) is 1. The van der Waals surface area contributed by atoms with E-state index in [9.17, 15) is 12.8 Å². The van der Waals surface area contributed by atoms with E-state index in [1.807, 2.05) is 38.1 Å². The first-order valence-electron chi connectivity index (χ1n) is 10.8. The van der Waals surface area contributed by atoms with E-state index in [0.29, 0.717) is 38.4 Å². The molecule has 0 saturated carbocycles. The Morgan fingerprint density at radius 2 is 1.58 bits per heavy atom. The topological polar surface area (TPSA) is 75.6 Å². The Balaban J connectivity index is 1.54. The molecular weight excluding hydrogens is 443 g/mol. The van der Waals surface area contributed by atoms with Gasteiger partial charge in [0.25, 0.3) is 0 Å². The molecule has 0 spiro atoms. The van der Waals surface area contributed by atoms with E-state index in [4.69, 9.17) is 9.72 Å². The molecule has 0 unspecified atom stereocenters. The molecule has 0 aliphatic carbocycles. The van der Waals surface area contributed by atoms with Crippen LogP contribution in [0, 0.1) is 19.7 Å². The summed E-state index contributed by atoms with van der Waals surface area (Å²) in [6.07, 6.45) is 0.666. The third kappa shape index (κ3) is 4.99. The maximum atomic E-state index is 13.2. The summed E-state index contributed by atoms with van der Waals surface area (Å²) >= 11 is 0. The number of methoxy groups -OCH3 is 1. The van der Waals surface area contributed by atoms with Crippen LogP contribution in [-0.2, 0) is 16.4 Å². The number of aryl methyl sites for hydroxylation is 2. The van der Waals surface area contributed by atoms with Crippen molar-refractivity contribution in [3.8, 4) is 5.75 Å². The zero-order valence-corrected chi connectivity index (χ0v) is 19.8. The number of anilines is 1. The number of aromatic nitrogens is 2. The Bertz CT molecular complexity index is 1220. The fourth-order valence-corrected chi connectivity index (χ4v) is 5.45. The molecule has 9 heteroatoms. The Labute approximate surface area is 193 Å². The Morgan fingerprint density at radius 1 is 0.939 bits per heavy atom. The fraction of sp³-hybridized carbons (Fsp3) is 0.333. The normalized spacial score (nSPS) is 15.0. The first-order chi connectivity index (χ1) is 15.8. The monoisotopic (exact) mass is 470 g/mol. The molecule has 0 atom stereocenters. The van der Waals surface area contributed by atoms with Crippen molar-refractivity contribution >= 4 is 15.8 Å². The Kier molecular flexibility index (Phi) is 6.62. The molecule has 7 nitrogen and oxygen atoms in total. The molecule has 0 bridgehead atoms. The van der Waals surface area contributed by atoms with E-state index >= 15 is 0 Å². The molecule has 2 aromatic carbocycles. The van der Waals surface area contributed by atoms with Gasteiger partial charge in [-0.25, -0.2) is 22.8 Å². The van der Waals surface area contributed by atoms with Crippen LogP contribution in [0.5, 0.6) is 5.75 Å². The molecule has 1 saturated heterocycles. The number of hydrogen-bond donors (Lipinski definition) is 0. The molecule has 4 rings (SSSR count). The van der Waals surface area contributed by atoms with Crippen molar-refractivity contribution in [3.05, 3.63) is 77.0 Å². The van der Waals surface area contributed by atoms with Crippen LogP contribution >= 0.6 is 0 Å². The molecular formula is C24H27FN4O3S. The van der Waals surface area contributed by atoms with Crippen LogP contribution in [0.4, 0.5) is 10.2 Å². The fourth-order valence-electron chi connectivity index (χ4n) is 4.03. The predicted octanol–water partition coefficient (Wildman–Crippen LogP) is 3.34. The second-order valence-corrected chi connectivity index (χ2v) is 9.97. The summed E-state index contributed by atoms with van der Waals surface area (Å²) in [5.41, 5.74) is 3.06. The van der Waals surface area contributed by atoms with Gasteiger partial charge in [-0.15, -0.1) is 0 Å². The van der Waals surface area contributed by atoms with Crippen molar-refractivity contribution < 1.29 is 17.5 Å². The predicted molar refractivity (Wildman–Crippen MR) is 125 cm³/mol. The highest BCUT2D eigenvalue weighted by molar-refractivity contribution is 7.89. The van der Waals surface area contributed by atoms with Crippen molar-refractivity contribution in [2.75, 3.05) is 38.2 Å². The highest BCUT2D eigenvalue weighted by Gasteiger charge is 2.30. The van der Waals surface area contributed by atoms with Gasteiger partial charge < -0.3 is 9.64 Å². The van der Waals surface area contributed by atoms with Gasteiger partial charge in [0.05, 0.1) is 12.0 Å². The molecule has 0 amide bonds. The number of piperazine rings is 1. The molecule has 1 aromatic heterocycles. The number of hydrogen-bond acceptors (Lipinski definition) is 6. The first-order valence-corrected chi connectivity index (χ1v) is 12.2. The van der Waals surface area contributed by atoms with Crippen molar-refractivity contribution in [3.63, 3.8) is 0 Å². The smallest absolute Gasteiger partial charge is 0.243 e. The van der Waals surface area contributed by atoms with Crippen LogP contribution in [0.15, 0.2) is 53.4 Å². The third-order valence-electron chi connectivity index (χ3n) is 5.83. The summed E-state index contributed by atoms with van der Waals surface area (Å²) in [6, 6.07) is 12.9. The lowest BCUT2D eigenvalue weighted by Gasteiger charge is -2.36. The number of halogens is 1. The lowest BCUT2D eigenvalue weighted by atomic mass is 10.0. The maximum absolute atomic E-state index is 13.2. The Hall–Kier alpha value is -3.04. The van der Waals surface area contributed by atoms with Crippen molar-refractivity contribution in [2.24, 2.45) is 0 Å². The third-order valence-corrected chi connectivity index (χ3v) is 7.75. The molecule has 1 fully saturated rings. The van der Waals surface area contributed by atoms with Gasteiger partial charge in [-0.3, -0.25) is 0 Å². The van der Waals surface area contributed by atoms with Gasteiger partial charge in [0.15, 0.2) is 0 Å². The summed E-state index contributed by atoms with van der Waals surface area (Å²) in [7, 11) is -2.03. The summed E-state index contributed by atoms with van der Waals surface area (Å²) in [5, 5.41) is 0. The number of sulfonamides is 1. The first kappa shape index (κ1) is 23.1. The van der Waals surface area contributed by atoms with Crippen LogP contribution in [0.25, 0.3) is 0 Å². The molecule has 1 aliphatic heterocycles. The molecule has 2 heterocycles. The molecule has 33 heavy (non-hydrogen) atoms. The van der Waals surface area contributed by atoms with Gasteiger partial charge in [0.1, 0.15) is 23.2 Å². The standard InChI is InChI=1S/C24H27FN4O3S/c1-17-23(16-19-4-8-21(32-3)9-5-19)24(27-18(2)26-17)28-12-14-29(15-13-28)33(30,31)22-10-6-20(25)7-11-22/h4-11H,12-16H2,1-3H3. The molecule has 0 N–H and O–H groups in total. The van der Waals surface area contributed by atoms with Gasteiger partial charge in [-0.1, -0.05) is 12.1 Å². The average molecular weight is 471 g/mol. The van der Waals surface area contributed by atoms with Crippen molar-refractivity contribution in [1.29, 1.82) is 0 Å². The van der Waals surface area contributed by atoms with Crippen LogP contribution in [0.1, 0.15) is 22.6 Å². The van der Waals surface area contributed by atoms with Crippen molar-refractivity contribution in [2.45, 2.75) is 25.2 Å². The Morgan fingerprint density at radius 3 is 2.18 bits per heavy atom. The zero-order valence-electron chi connectivity index (χ0n) is 19.0. The van der Waals surface area contributed by atoms with Crippen LogP contribution < -0.4 is 9.64 Å². The van der Waals surface area contributed by atoms with Gasteiger partial charge in [0.2, 0.25) is 10.0 Å². The minimum Gasteiger partial charge on any atom is -0.497 e. The van der Waals surface area contributed by atoms with E-state index in [2.05, 4.69) is 9.88 Å². The number of benzene rings is 2. The second kappa shape index (κ2) is 9.44. The van der Waals surface area contributed by atoms with Crippen molar-refractivity contribution in [1.82, 2.24) is 14.3 Å². The van der Waals surface area contributed by atoms with E-state index < -0.39 is 15.8 Å². The number of rotatable bonds is 6. The summed E-state index contributed by atoms with van der Waals surface area (Å²) in [4.78, 5) is 11.5. The van der Waals surface area contributed by atoms with E-state index in [-0.39, 0.29) is 4.90 Å². The quantitative estimate of drug-likeness (QED) is 0.550. The van der Waals surface area contributed by atoms with Crippen LogP contribution in [0.2, 0.25) is 0 Å². The number of nitrogens with zero attached hydrogens (tertiary/aromatic N) is 4. The van der Waals surface area contributed by atoms with Crippen LogP contribution in [-0.4, -0.2) is 56.0 Å². The van der Waals surface area contributed by atoms with Gasteiger partial charge in [0, 0.05) is 43.9 Å². The minimum absolute atomic E-state index is 0.103. The summed E-state index contributed by atoms with van der Waals surface area (Å²) in [6.45, 7) is 5.50. The lowest BCUT2D eigenvalue weighted by molar-refractivity contribution is 0.383. The van der Waals surface area contributed by atoms with Gasteiger partial charge in [-0.2, -0.15) is 4.31 Å². The molecule has 1 aliphatic rings. The van der Waals surface area contributed by atoms with Gasteiger partial charge >= 0.3 is 0 Å². The second-order valence-electron chi connectivity index (χ2n) is 8.03. The largest absolute Gasteiger partial charge is 0.497 e. The molecule has 174 valence electrons. The van der Waals surface area contributed by atoms with E-state index in [0.717, 1.165) is 28.4 Å². The molecule has 3 aromatic rings. The highest BCUT2D eigenvalue weighted by Crippen LogP contribution is 2.27. The lowest BCUT2D eigenvalue weighted by Crippen LogP contribution is -2.49. The van der Waals surface area contributed by atoms with E-state index in [1.165, 1.54) is 28.6 Å². The van der Waals surface area contributed by atoms with Crippen LogP contribution in [0.3, 0.4) is 0 Å². The average Bonchev–Trinajstić information content (AvgIpc) is 2.81. The maximum Gasteiger partial charge on any atom is 0.243 e. The zero-order chi connectivity index (χ0) is 23.6. The van der Waals surface area contributed by atoms with Gasteiger partial charge in [-0.05, 0) is 55.8 Å². The highest BCUT2D eigenvalue weighted by atomic mass is 32.2. The minimum atomic E-state index is -3.67. The summed E-state index contributed by atoms with van der Waals surface area (Å²) < 4.78 is 45.8. The SMILES string of the molecule is COc1ccc(Cc2c(C)nc(C)nc2N2CCN(S(=O)(=O)c3ccc(F)cc3)CC2)cc1.